The number of amides is 1. The number of fused-ring (bicyclic) bond motifs is 1. The largest absolute Gasteiger partial charge is 0.338 e. The lowest BCUT2D eigenvalue weighted by molar-refractivity contribution is 0.0772. The summed E-state index contributed by atoms with van der Waals surface area (Å²) in [6, 6.07) is 6.49. The van der Waals surface area contributed by atoms with E-state index in [1.807, 2.05) is 4.90 Å². The van der Waals surface area contributed by atoms with Crippen LogP contribution in [0.15, 0.2) is 29.2 Å². The van der Waals surface area contributed by atoms with Crippen LogP contribution in [0.2, 0.25) is 0 Å². The molecule has 2 saturated heterocycles. The Morgan fingerprint density at radius 3 is 2.24 bits per heavy atom. The summed E-state index contributed by atoms with van der Waals surface area (Å²) in [6.07, 6.45) is 1.15. The molecule has 1 aromatic rings. The van der Waals surface area contributed by atoms with Gasteiger partial charge >= 0.3 is 0 Å². The Morgan fingerprint density at radius 1 is 1.10 bits per heavy atom. The van der Waals surface area contributed by atoms with Crippen LogP contribution in [0.5, 0.6) is 0 Å². The van der Waals surface area contributed by atoms with Crippen molar-refractivity contribution in [3.63, 3.8) is 0 Å². The third-order valence-electron chi connectivity index (χ3n) is 4.47. The molecule has 0 radical (unpaired) electrons. The van der Waals surface area contributed by atoms with Crippen LogP contribution < -0.4 is 0 Å². The first kappa shape index (κ1) is 14.5. The van der Waals surface area contributed by atoms with E-state index in [9.17, 15) is 13.2 Å². The molecule has 3 rings (SSSR count). The van der Waals surface area contributed by atoms with Crippen molar-refractivity contribution in [2.45, 2.75) is 4.90 Å². The van der Waals surface area contributed by atoms with Crippen molar-refractivity contribution in [1.29, 1.82) is 0 Å². The summed E-state index contributed by atoms with van der Waals surface area (Å²) in [6.45, 7) is 3.49. The van der Waals surface area contributed by atoms with Gasteiger partial charge in [-0.3, -0.25) is 4.79 Å². The fourth-order valence-electron chi connectivity index (χ4n) is 3.53. The molecule has 0 aromatic heterocycles. The van der Waals surface area contributed by atoms with E-state index in [0.29, 0.717) is 17.4 Å². The topological polar surface area (TPSA) is 57.7 Å². The zero-order valence-corrected chi connectivity index (χ0v) is 13.1. The molecule has 21 heavy (non-hydrogen) atoms. The zero-order valence-electron chi connectivity index (χ0n) is 12.3. The Balaban J connectivity index is 1.85. The van der Waals surface area contributed by atoms with Crippen LogP contribution in [0.25, 0.3) is 0 Å². The molecule has 6 heteroatoms. The number of benzene rings is 1. The van der Waals surface area contributed by atoms with Crippen molar-refractivity contribution >= 4 is 15.7 Å². The highest BCUT2D eigenvalue weighted by Gasteiger charge is 2.41. The smallest absolute Gasteiger partial charge is 0.255 e. The number of likely N-dealkylation sites (tertiary alicyclic amines) is 2. The number of sulfone groups is 1. The molecule has 1 aromatic carbocycles. The van der Waals surface area contributed by atoms with E-state index in [2.05, 4.69) is 11.9 Å². The Kier molecular flexibility index (Phi) is 3.53. The van der Waals surface area contributed by atoms with Crippen LogP contribution >= 0.6 is 0 Å². The molecule has 0 N–H and O–H groups in total. The normalized spacial score (nSPS) is 26.1. The minimum Gasteiger partial charge on any atom is -0.338 e. The number of carbonyl (C=O) groups is 1. The Morgan fingerprint density at radius 2 is 1.67 bits per heavy atom. The molecular weight excluding hydrogens is 288 g/mol. The third kappa shape index (κ3) is 2.70. The molecule has 2 aliphatic heterocycles. The SMILES string of the molecule is CN1C[C@@H]2CN(C(=O)c3ccccc3S(C)(=O)=O)C[C@@H]2C1. The highest BCUT2D eigenvalue weighted by molar-refractivity contribution is 7.90. The molecule has 114 valence electrons. The van der Waals surface area contributed by atoms with Crippen molar-refractivity contribution in [2.75, 3.05) is 39.5 Å². The number of hydrogen-bond acceptors (Lipinski definition) is 4. The predicted molar refractivity (Wildman–Crippen MR) is 79.9 cm³/mol. The van der Waals surface area contributed by atoms with E-state index in [-0.39, 0.29) is 10.8 Å². The second-order valence-corrected chi connectivity index (χ2v) is 8.20. The molecule has 0 saturated carbocycles. The molecule has 0 bridgehead atoms. The fraction of sp³-hybridized carbons (Fsp3) is 0.533. The van der Waals surface area contributed by atoms with Gasteiger partial charge in [0, 0.05) is 32.4 Å². The van der Waals surface area contributed by atoms with Gasteiger partial charge in [0.2, 0.25) is 0 Å². The summed E-state index contributed by atoms with van der Waals surface area (Å²) in [5.74, 6) is 0.877. The van der Waals surface area contributed by atoms with E-state index in [0.717, 1.165) is 32.4 Å². The Bertz CT molecular complexity index is 657. The van der Waals surface area contributed by atoms with Crippen molar-refractivity contribution < 1.29 is 13.2 Å². The number of rotatable bonds is 2. The van der Waals surface area contributed by atoms with Gasteiger partial charge in [-0.25, -0.2) is 8.42 Å². The Hall–Kier alpha value is -1.40. The molecule has 5 nitrogen and oxygen atoms in total. The van der Waals surface area contributed by atoms with Gasteiger partial charge in [-0.2, -0.15) is 0 Å². The van der Waals surface area contributed by atoms with Crippen molar-refractivity contribution in [3.05, 3.63) is 29.8 Å². The summed E-state index contributed by atoms with van der Waals surface area (Å²) in [5, 5.41) is 0. The molecular formula is C15H20N2O3S. The number of hydrogen-bond donors (Lipinski definition) is 0. The van der Waals surface area contributed by atoms with Gasteiger partial charge in [0.1, 0.15) is 0 Å². The van der Waals surface area contributed by atoms with Crippen LogP contribution in [0, 0.1) is 11.8 Å². The average molecular weight is 308 g/mol. The van der Waals surface area contributed by atoms with Crippen molar-refractivity contribution in [1.82, 2.24) is 9.80 Å². The molecule has 0 spiro atoms. The van der Waals surface area contributed by atoms with Gasteiger partial charge in [-0.1, -0.05) is 12.1 Å². The summed E-state index contributed by atoms with van der Waals surface area (Å²) >= 11 is 0. The second kappa shape index (κ2) is 5.10. The summed E-state index contributed by atoms with van der Waals surface area (Å²) in [4.78, 5) is 16.9. The van der Waals surface area contributed by atoms with Crippen LogP contribution in [-0.2, 0) is 9.84 Å². The lowest BCUT2D eigenvalue weighted by Crippen LogP contribution is -2.33. The van der Waals surface area contributed by atoms with E-state index >= 15 is 0 Å². The van der Waals surface area contributed by atoms with Crippen LogP contribution in [0.1, 0.15) is 10.4 Å². The minimum absolute atomic E-state index is 0.129. The lowest BCUT2D eigenvalue weighted by atomic mass is 10.0. The van der Waals surface area contributed by atoms with Gasteiger partial charge < -0.3 is 9.80 Å². The minimum atomic E-state index is -3.39. The lowest BCUT2D eigenvalue weighted by Gasteiger charge is -2.20. The maximum absolute atomic E-state index is 12.7. The summed E-state index contributed by atoms with van der Waals surface area (Å²) < 4.78 is 23.7. The Labute approximate surface area is 125 Å². The second-order valence-electron chi connectivity index (χ2n) is 6.22. The molecule has 2 heterocycles. The maximum atomic E-state index is 12.7. The highest BCUT2D eigenvalue weighted by Crippen LogP contribution is 2.31. The first-order valence-corrected chi connectivity index (χ1v) is 9.02. The molecule has 1 amide bonds. The standard InChI is InChI=1S/C15H20N2O3S/c1-16-7-11-9-17(10-12(11)8-16)15(18)13-5-3-4-6-14(13)21(2,19)20/h3-6,11-12H,7-10H2,1-2H3/t11-,12+. The van der Waals surface area contributed by atoms with Crippen LogP contribution in [0.3, 0.4) is 0 Å². The fourth-order valence-corrected chi connectivity index (χ4v) is 4.41. The summed E-state index contributed by atoms with van der Waals surface area (Å²) in [7, 11) is -1.29. The molecule has 0 unspecified atom stereocenters. The van der Waals surface area contributed by atoms with Gasteiger partial charge in [-0.15, -0.1) is 0 Å². The molecule has 2 atom stereocenters. The molecule has 2 aliphatic rings. The van der Waals surface area contributed by atoms with E-state index in [4.69, 9.17) is 0 Å². The van der Waals surface area contributed by atoms with Gasteiger partial charge in [-0.05, 0) is 31.0 Å². The van der Waals surface area contributed by atoms with Gasteiger partial charge in [0.05, 0.1) is 10.5 Å². The molecule has 0 aliphatic carbocycles. The first-order valence-electron chi connectivity index (χ1n) is 7.13. The van der Waals surface area contributed by atoms with Gasteiger partial charge in [0.25, 0.3) is 5.91 Å². The van der Waals surface area contributed by atoms with E-state index in [1.165, 1.54) is 6.07 Å². The van der Waals surface area contributed by atoms with Crippen LogP contribution in [-0.4, -0.2) is 63.6 Å². The quantitative estimate of drug-likeness (QED) is 0.808. The average Bonchev–Trinajstić information content (AvgIpc) is 2.94. The first-order chi connectivity index (χ1) is 9.86. The highest BCUT2D eigenvalue weighted by atomic mass is 32.2. The van der Waals surface area contributed by atoms with E-state index < -0.39 is 9.84 Å². The zero-order chi connectivity index (χ0) is 15.2. The van der Waals surface area contributed by atoms with Crippen molar-refractivity contribution in [2.24, 2.45) is 11.8 Å². The predicted octanol–water partition coefficient (Wildman–Crippen LogP) is 0.724. The maximum Gasteiger partial charge on any atom is 0.255 e. The number of carbonyl (C=O) groups excluding carboxylic acids is 1. The molecule has 2 fully saturated rings. The third-order valence-corrected chi connectivity index (χ3v) is 5.63. The van der Waals surface area contributed by atoms with Crippen molar-refractivity contribution in [3.8, 4) is 0 Å². The van der Waals surface area contributed by atoms with Crippen LogP contribution in [0.4, 0.5) is 0 Å². The monoisotopic (exact) mass is 308 g/mol. The number of nitrogens with zero attached hydrogens (tertiary/aromatic N) is 2. The summed E-state index contributed by atoms with van der Waals surface area (Å²) in [5.41, 5.74) is 0.299. The van der Waals surface area contributed by atoms with E-state index in [1.54, 1.807) is 18.2 Å². The van der Waals surface area contributed by atoms with Gasteiger partial charge in [0.15, 0.2) is 9.84 Å².